The summed E-state index contributed by atoms with van der Waals surface area (Å²) < 4.78 is 5.64. The molecule has 15 heavy (non-hydrogen) atoms. The van der Waals surface area contributed by atoms with Gasteiger partial charge in [-0.25, -0.2) is 0 Å². The second kappa shape index (κ2) is 3.51. The van der Waals surface area contributed by atoms with Crippen LogP contribution in [0.5, 0.6) is 0 Å². The first-order valence-corrected chi connectivity index (χ1v) is 5.23. The molecule has 1 aliphatic heterocycles. The second-order valence-corrected chi connectivity index (χ2v) is 4.28. The Kier molecular flexibility index (Phi) is 2.44. The summed E-state index contributed by atoms with van der Waals surface area (Å²) >= 11 is 0. The molecular formula is C12H18N2O. The van der Waals surface area contributed by atoms with Crippen LogP contribution in [0, 0.1) is 0 Å². The van der Waals surface area contributed by atoms with Crippen LogP contribution >= 0.6 is 0 Å². The first-order valence-electron chi connectivity index (χ1n) is 5.23. The quantitative estimate of drug-likeness (QED) is 0.709. The van der Waals surface area contributed by atoms with Crippen molar-refractivity contribution >= 4 is 5.69 Å². The lowest BCUT2D eigenvalue weighted by Gasteiger charge is -2.42. The summed E-state index contributed by atoms with van der Waals surface area (Å²) in [4.78, 5) is 2.22. The predicted molar refractivity (Wildman–Crippen MR) is 61.5 cm³/mol. The lowest BCUT2D eigenvalue weighted by Crippen LogP contribution is -2.47. The van der Waals surface area contributed by atoms with Crippen LogP contribution in [0.4, 0.5) is 5.69 Å². The largest absolute Gasteiger partial charge is 0.399 e. The Morgan fingerprint density at radius 2 is 2.20 bits per heavy atom. The highest BCUT2D eigenvalue weighted by Crippen LogP contribution is 2.35. The molecule has 3 nitrogen and oxygen atoms in total. The van der Waals surface area contributed by atoms with Crippen LogP contribution in [0.2, 0.25) is 0 Å². The molecule has 0 saturated heterocycles. The van der Waals surface area contributed by atoms with Gasteiger partial charge in [0.25, 0.3) is 0 Å². The predicted octanol–water partition coefficient (Wildman–Crippen LogP) is 1.58. The molecule has 2 N–H and O–H groups in total. The van der Waals surface area contributed by atoms with Gasteiger partial charge >= 0.3 is 0 Å². The Morgan fingerprint density at radius 1 is 1.47 bits per heavy atom. The third-order valence-electron chi connectivity index (χ3n) is 3.48. The van der Waals surface area contributed by atoms with Gasteiger partial charge in [0.05, 0.1) is 0 Å². The van der Waals surface area contributed by atoms with Gasteiger partial charge in [0.2, 0.25) is 0 Å². The summed E-state index contributed by atoms with van der Waals surface area (Å²) in [5, 5.41) is 0. The summed E-state index contributed by atoms with van der Waals surface area (Å²) in [6.07, 6.45) is 1.06. The van der Waals surface area contributed by atoms with Gasteiger partial charge in [0, 0.05) is 24.9 Å². The summed E-state index contributed by atoms with van der Waals surface area (Å²) in [6, 6.07) is 6.09. The molecule has 1 heterocycles. The summed E-state index contributed by atoms with van der Waals surface area (Å²) in [5.74, 6) is 0. The van der Waals surface area contributed by atoms with Gasteiger partial charge in [-0.2, -0.15) is 0 Å². The van der Waals surface area contributed by atoms with Gasteiger partial charge < -0.3 is 10.5 Å². The standard InChI is InChI=1S/C12H18N2O/c1-12(15-3)11-8-10(13)5-4-9(11)6-7-14(12)2/h4-5,8H,6-7,13H2,1-3H3/t12-/m1/s1. The molecule has 0 aromatic heterocycles. The van der Waals surface area contributed by atoms with Crippen LogP contribution in [0.3, 0.4) is 0 Å². The molecule has 0 radical (unpaired) electrons. The molecule has 3 heteroatoms. The highest BCUT2D eigenvalue weighted by atomic mass is 16.5. The molecular weight excluding hydrogens is 188 g/mol. The minimum atomic E-state index is -0.344. The fraction of sp³-hybridized carbons (Fsp3) is 0.500. The summed E-state index contributed by atoms with van der Waals surface area (Å²) in [5.41, 5.74) is 8.82. The Hall–Kier alpha value is -1.06. The number of rotatable bonds is 1. The maximum Gasteiger partial charge on any atom is 0.144 e. The smallest absolute Gasteiger partial charge is 0.144 e. The van der Waals surface area contributed by atoms with Crippen molar-refractivity contribution in [2.45, 2.75) is 19.1 Å². The number of nitrogens with two attached hydrogens (primary N) is 1. The van der Waals surface area contributed by atoms with E-state index in [1.807, 2.05) is 12.1 Å². The zero-order valence-electron chi connectivity index (χ0n) is 9.58. The molecule has 2 rings (SSSR count). The van der Waals surface area contributed by atoms with E-state index in [0.29, 0.717) is 0 Å². The van der Waals surface area contributed by atoms with Crippen LogP contribution in [0.25, 0.3) is 0 Å². The van der Waals surface area contributed by atoms with Gasteiger partial charge in [-0.15, -0.1) is 0 Å². The van der Waals surface area contributed by atoms with Gasteiger partial charge in [-0.1, -0.05) is 6.07 Å². The molecule has 0 saturated carbocycles. The van der Waals surface area contributed by atoms with Crippen molar-refractivity contribution in [3.05, 3.63) is 29.3 Å². The second-order valence-electron chi connectivity index (χ2n) is 4.28. The average Bonchev–Trinajstić information content (AvgIpc) is 2.24. The van der Waals surface area contributed by atoms with Gasteiger partial charge in [-0.3, -0.25) is 4.90 Å². The van der Waals surface area contributed by atoms with Crippen LogP contribution in [0.15, 0.2) is 18.2 Å². The normalized spacial score (nSPS) is 26.3. The molecule has 1 aliphatic rings. The van der Waals surface area contributed by atoms with Crippen molar-refractivity contribution < 1.29 is 4.74 Å². The lowest BCUT2D eigenvalue weighted by atomic mass is 9.90. The summed E-state index contributed by atoms with van der Waals surface area (Å²) in [7, 11) is 3.82. The zero-order chi connectivity index (χ0) is 11.1. The van der Waals surface area contributed by atoms with E-state index >= 15 is 0 Å². The van der Waals surface area contributed by atoms with Crippen molar-refractivity contribution in [3.63, 3.8) is 0 Å². The molecule has 0 aliphatic carbocycles. The fourth-order valence-electron chi connectivity index (χ4n) is 2.22. The first-order chi connectivity index (χ1) is 7.08. The van der Waals surface area contributed by atoms with Crippen LogP contribution < -0.4 is 5.73 Å². The molecule has 1 atom stereocenters. The van der Waals surface area contributed by atoms with Gasteiger partial charge in [0.1, 0.15) is 5.72 Å². The summed E-state index contributed by atoms with van der Waals surface area (Å²) in [6.45, 7) is 3.10. The number of methoxy groups -OCH3 is 1. The van der Waals surface area contributed by atoms with Crippen molar-refractivity contribution in [2.75, 3.05) is 26.4 Å². The minimum Gasteiger partial charge on any atom is -0.399 e. The number of hydrogen-bond donors (Lipinski definition) is 1. The van der Waals surface area contributed by atoms with Crippen molar-refractivity contribution in [2.24, 2.45) is 0 Å². The maximum absolute atomic E-state index is 5.83. The molecule has 0 amide bonds. The number of benzene rings is 1. The van der Waals surface area contributed by atoms with Crippen molar-refractivity contribution in [3.8, 4) is 0 Å². The average molecular weight is 206 g/mol. The highest BCUT2D eigenvalue weighted by molar-refractivity contribution is 5.47. The monoisotopic (exact) mass is 206 g/mol. The number of nitrogen functional groups attached to an aromatic ring is 1. The van der Waals surface area contributed by atoms with Crippen LogP contribution in [0.1, 0.15) is 18.1 Å². The van der Waals surface area contributed by atoms with Crippen LogP contribution in [-0.4, -0.2) is 25.6 Å². The molecule has 1 aromatic carbocycles. The van der Waals surface area contributed by atoms with E-state index in [-0.39, 0.29) is 5.72 Å². The van der Waals surface area contributed by atoms with Gasteiger partial charge in [0.15, 0.2) is 0 Å². The molecule has 1 aromatic rings. The Balaban J connectivity index is 2.56. The number of likely N-dealkylation sites (N-methyl/N-ethyl adjacent to an activating group) is 1. The van der Waals surface area contributed by atoms with Crippen LogP contribution in [-0.2, 0) is 16.9 Å². The number of fused-ring (bicyclic) bond motifs is 1. The Labute approximate surface area is 90.8 Å². The number of ether oxygens (including phenoxy) is 1. The lowest BCUT2D eigenvalue weighted by molar-refractivity contribution is -0.124. The highest BCUT2D eigenvalue weighted by Gasteiger charge is 2.36. The molecule has 0 fully saturated rings. The van der Waals surface area contributed by atoms with E-state index in [4.69, 9.17) is 10.5 Å². The SMILES string of the molecule is CO[C@]1(C)c2cc(N)ccc2CCN1C. The van der Waals surface area contributed by atoms with E-state index in [9.17, 15) is 0 Å². The first kappa shape index (κ1) is 10.5. The van der Waals surface area contributed by atoms with Crippen molar-refractivity contribution in [1.82, 2.24) is 4.90 Å². The van der Waals surface area contributed by atoms with Crippen molar-refractivity contribution in [1.29, 1.82) is 0 Å². The molecule has 0 unspecified atom stereocenters. The van der Waals surface area contributed by atoms with E-state index in [1.165, 1.54) is 11.1 Å². The number of hydrogen-bond acceptors (Lipinski definition) is 3. The number of nitrogens with zero attached hydrogens (tertiary/aromatic N) is 1. The fourth-order valence-corrected chi connectivity index (χ4v) is 2.22. The van der Waals surface area contributed by atoms with Gasteiger partial charge in [-0.05, 0) is 38.1 Å². The Morgan fingerprint density at radius 3 is 2.87 bits per heavy atom. The maximum atomic E-state index is 5.83. The Bertz CT molecular complexity index is 378. The number of anilines is 1. The third-order valence-corrected chi connectivity index (χ3v) is 3.48. The van der Waals surface area contributed by atoms with E-state index < -0.39 is 0 Å². The van der Waals surface area contributed by atoms with E-state index in [0.717, 1.165) is 18.7 Å². The molecule has 82 valence electrons. The third kappa shape index (κ3) is 1.52. The molecule has 0 spiro atoms. The molecule has 0 bridgehead atoms. The topological polar surface area (TPSA) is 38.5 Å². The van der Waals surface area contributed by atoms with E-state index in [1.54, 1.807) is 7.11 Å². The van der Waals surface area contributed by atoms with E-state index in [2.05, 4.69) is 24.9 Å². The minimum absolute atomic E-state index is 0.344. The zero-order valence-corrected chi connectivity index (χ0v) is 9.58.